The lowest BCUT2D eigenvalue weighted by molar-refractivity contribution is -0.126. The lowest BCUT2D eigenvalue weighted by atomic mass is 9.94. The second-order valence-corrected chi connectivity index (χ2v) is 8.22. The van der Waals surface area contributed by atoms with Crippen molar-refractivity contribution in [2.75, 3.05) is 49.1 Å². The quantitative estimate of drug-likeness (QED) is 0.559. The highest BCUT2D eigenvalue weighted by atomic mass is 16.2. The van der Waals surface area contributed by atoms with Gasteiger partial charge in [0.05, 0.1) is 13.1 Å². The topological polar surface area (TPSA) is 43.4 Å². The van der Waals surface area contributed by atoms with Crippen LogP contribution in [0.15, 0.2) is 72.3 Å². The predicted molar refractivity (Wildman–Crippen MR) is 125 cm³/mol. The van der Waals surface area contributed by atoms with Crippen molar-refractivity contribution in [2.45, 2.75) is 0 Å². The van der Waals surface area contributed by atoms with E-state index in [4.69, 9.17) is 0 Å². The van der Waals surface area contributed by atoms with Crippen molar-refractivity contribution in [1.29, 1.82) is 0 Å². The second-order valence-electron chi connectivity index (χ2n) is 8.22. The highest BCUT2D eigenvalue weighted by Gasteiger charge is 2.28. The van der Waals surface area contributed by atoms with Gasteiger partial charge in [0, 0.05) is 48.7 Å². The Balaban J connectivity index is 1.43. The first-order valence-electron chi connectivity index (χ1n) is 10.7. The summed E-state index contributed by atoms with van der Waals surface area (Å²) in [6, 6.07) is 16.4. The number of piperidine rings is 1. The van der Waals surface area contributed by atoms with Crippen molar-refractivity contribution < 1.29 is 9.59 Å². The van der Waals surface area contributed by atoms with Crippen molar-refractivity contribution in [3.05, 3.63) is 83.5 Å². The van der Waals surface area contributed by atoms with Crippen LogP contribution in [0.2, 0.25) is 0 Å². The van der Waals surface area contributed by atoms with Crippen LogP contribution >= 0.6 is 0 Å². The van der Waals surface area contributed by atoms with Crippen LogP contribution in [0, 0.1) is 0 Å². The Labute approximate surface area is 182 Å². The maximum absolute atomic E-state index is 13.2. The van der Waals surface area contributed by atoms with Gasteiger partial charge >= 0.3 is 0 Å². The molecule has 0 N–H and O–H groups in total. The molecule has 2 aromatic rings. The van der Waals surface area contributed by atoms with E-state index in [1.807, 2.05) is 36.4 Å². The molecule has 3 aliphatic heterocycles. The summed E-state index contributed by atoms with van der Waals surface area (Å²) >= 11 is 0. The first-order chi connectivity index (χ1) is 15.1. The largest absolute Gasteiger partial charge is 0.368 e. The summed E-state index contributed by atoms with van der Waals surface area (Å²) < 4.78 is 0. The number of carbonyl (C=O) groups is 2. The summed E-state index contributed by atoms with van der Waals surface area (Å²) in [5.74, 6) is -0.170. The van der Waals surface area contributed by atoms with Gasteiger partial charge in [0.1, 0.15) is 0 Å². The van der Waals surface area contributed by atoms with Gasteiger partial charge in [0.2, 0.25) is 5.91 Å². The van der Waals surface area contributed by atoms with E-state index in [9.17, 15) is 9.59 Å². The van der Waals surface area contributed by atoms with Gasteiger partial charge in [-0.05, 0) is 53.6 Å². The molecule has 0 spiro atoms. The van der Waals surface area contributed by atoms with Crippen LogP contribution in [0.5, 0.6) is 0 Å². The fourth-order valence-corrected chi connectivity index (χ4v) is 3.91. The first-order valence-corrected chi connectivity index (χ1v) is 10.7. The van der Waals surface area contributed by atoms with Crippen molar-refractivity contribution in [3.63, 3.8) is 0 Å². The van der Waals surface area contributed by atoms with Gasteiger partial charge in [-0.3, -0.25) is 9.59 Å². The van der Waals surface area contributed by atoms with Gasteiger partial charge in [0.25, 0.3) is 0 Å². The molecule has 0 aliphatic carbocycles. The highest BCUT2D eigenvalue weighted by molar-refractivity contribution is 6.15. The van der Waals surface area contributed by atoms with Crippen LogP contribution in [0.25, 0.3) is 12.2 Å². The van der Waals surface area contributed by atoms with Crippen molar-refractivity contribution in [2.24, 2.45) is 0 Å². The van der Waals surface area contributed by atoms with Gasteiger partial charge in [-0.1, -0.05) is 30.8 Å². The lowest BCUT2D eigenvalue weighted by Gasteiger charge is -2.29. The summed E-state index contributed by atoms with van der Waals surface area (Å²) in [6.07, 6.45) is 5.10. The zero-order chi connectivity index (χ0) is 21.4. The fraction of sp³-hybridized carbons (Fsp3) is 0.231. The molecule has 3 fully saturated rings. The Hall–Kier alpha value is -3.60. The molecule has 3 aliphatic rings. The maximum atomic E-state index is 13.2. The van der Waals surface area contributed by atoms with Crippen LogP contribution in [0.1, 0.15) is 11.1 Å². The Kier molecular flexibility index (Phi) is 4.94. The lowest BCUT2D eigenvalue weighted by Crippen LogP contribution is -2.40. The van der Waals surface area contributed by atoms with E-state index in [1.54, 1.807) is 4.90 Å². The monoisotopic (exact) mass is 411 g/mol. The van der Waals surface area contributed by atoms with Crippen LogP contribution < -0.4 is 9.80 Å². The summed E-state index contributed by atoms with van der Waals surface area (Å²) in [5.41, 5.74) is 5.56. The number of anilines is 2. The zero-order valence-electron chi connectivity index (χ0n) is 17.5. The second kappa shape index (κ2) is 7.91. The van der Waals surface area contributed by atoms with Crippen LogP contribution in [-0.2, 0) is 9.59 Å². The molecule has 0 bridgehead atoms. The normalized spacial score (nSPS) is 20.4. The smallest absolute Gasteiger partial charge is 0.246 e. The average molecular weight is 412 g/mol. The van der Waals surface area contributed by atoms with E-state index in [2.05, 4.69) is 40.6 Å². The van der Waals surface area contributed by atoms with Gasteiger partial charge in [0.15, 0.2) is 5.78 Å². The molecular formula is C26H25N3O2. The number of ketones is 1. The number of carbonyl (C=O) groups excluding carboxylic acids is 2. The minimum absolute atomic E-state index is 0.00171. The Bertz CT molecular complexity index is 1010. The molecule has 0 unspecified atom stereocenters. The van der Waals surface area contributed by atoms with Gasteiger partial charge in [-0.2, -0.15) is 0 Å². The minimum Gasteiger partial charge on any atom is -0.368 e. The average Bonchev–Trinajstić information content (AvgIpc) is 3.70. The number of benzene rings is 2. The van der Waals surface area contributed by atoms with E-state index >= 15 is 0 Å². The summed E-state index contributed by atoms with van der Waals surface area (Å²) in [7, 11) is 0. The minimum atomic E-state index is -0.168. The molecule has 0 atom stereocenters. The fourth-order valence-electron chi connectivity index (χ4n) is 3.91. The molecule has 31 heavy (non-hydrogen) atoms. The Morgan fingerprint density at radius 3 is 1.52 bits per heavy atom. The summed E-state index contributed by atoms with van der Waals surface area (Å²) in [6.45, 7) is 8.61. The molecule has 5 heteroatoms. The number of Topliss-reactive ketones (excluding diaryl/α,β-unsaturated/α-hetero) is 1. The Morgan fingerprint density at radius 2 is 1.16 bits per heavy atom. The van der Waals surface area contributed by atoms with E-state index < -0.39 is 0 Å². The standard InChI is InChI=1S/C26H25N3O2/c1-2-25(30)29-17-21(15-19-3-7-23(8-4-19)27-11-12-27)26(31)22(18-29)16-20-5-9-24(10-6-20)28-13-14-28/h2-10,15-16H,1,11-14,17-18H2/b21-15+,22-16+. The molecule has 0 aromatic heterocycles. The molecular weight excluding hydrogens is 386 g/mol. The maximum Gasteiger partial charge on any atom is 0.246 e. The number of hydrogen-bond acceptors (Lipinski definition) is 4. The predicted octanol–water partition coefficient (Wildman–Crippen LogP) is 3.39. The molecule has 0 saturated carbocycles. The van der Waals surface area contributed by atoms with Crippen LogP contribution in [-0.4, -0.2) is 55.9 Å². The third-order valence-corrected chi connectivity index (χ3v) is 5.88. The molecule has 3 heterocycles. The summed E-state index contributed by atoms with van der Waals surface area (Å²) in [5, 5.41) is 0. The third-order valence-electron chi connectivity index (χ3n) is 5.88. The molecule has 0 radical (unpaired) electrons. The molecule has 3 saturated heterocycles. The molecule has 1 amide bonds. The molecule has 2 aromatic carbocycles. The van der Waals surface area contributed by atoms with Crippen molar-refractivity contribution in [3.8, 4) is 0 Å². The molecule has 5 rings (SSSR count). The number of hydrogen-bond donors (Lipinski definition) is 0. The van der Waals surface area contributed by atoms with E-state index in [0.29, 0.717) is 24.2 Å². The molecule has 156 valence electrons. The number of rotatable bonds is 5. The van der Waals surface area contributed by atoms with E-state index in [0.717, 1.165) is 37.3 Å². The van der Waals surface area contributed by atoms with Crippen LogP contribution in [0.3, 0.4) is 0 Å². The number of likely N-dealkylation sites (tertiary alicyclic amines) is 1. The molecule has 5 nitrogen and oxygen atoms in total. The number of nitrogens with zero attached hydrogens (tertiary/aromatic N) is 3. The first kappa shape index (κ1) is 19.4. The number of amides is 1. The van der Waals surface area contributed by atoms with E-state index in [-0.39, 0.29) is 11.7 Å². The Morgan fingerprint density at radius 1 is 0.742 bits per heavy atom. The van der Waals surface area contributed by atoms with Gasteiger partial charge in [-0.15, -0.1) is 0 Å². The van der Waals surface area contributed by atoms with Crippen molar-refractivity contribution >= 4 is 35.2 Å². The zero-order valence-corrected chi connectivity index (χ0v) is 17.5. The van der Waals surface area contributed by atoms with Crippen molar-refractivity contribution in [1.82, 2.24) is 4.90 Å². The van der Waals surface area contributed by atoms with Gasteiger partial charge in [-0.25, -0.2) is 0 Å². The third kappa shape index (κ3) is 4.31. The van der Waals surface area contributed by atoms with E-state index in [1.165, 1.54) is 17.5 Å². The SMILES string of the molecule is C=CC(=O)N1C/C(=C\c2ccc(N3CC3)cc2)C(=O)/C(=C/c2ccc(N3CC3)cc2)C1. The van der Waals surface area contributed by atoms with Gasteiger partial charge < -0.3 is 14.7 Å². The van der Waals surface area contributed by atoms with Crippen LogP contribution in [0.4, 0.5) is 11.4 Å². The highest BCUT2D eigenvalue weighted by Crippen LogP contribution is 2.26. The summed E-state index contributed by atoms with van der Waals surface area (Å²) in [4.78, 5) is 31.8.